The van der Waals surface area contributed by atoms with Crippen molar-refractivity contribution in [2.24, 2.45) is 0 Å². The SMILES string of the molecule is CC(C)(C)c1ccnc(C(C)(C)O)c1. The van der Waals surface area contributed by atoms with Crippen LogP contribution in [0, 0.1) is 0 Å². The van der Waals surface area contributed by atoms with Crippen molar-refractivity contribution < 1.29 is 5.11 Å². The third-order valence-corrected chi connectivity index (χ3v) is 2.25. The molecule has 0 bridgehead atoms. The lowest BCUT2D eigenvalue weighted by atomic mass is 9.86. The summed E-state index contributed by atoms with van der Waals surface area (Å²) in [5.41, 5.74) is 1.17. The Morgan fingerprint density at radius 1 is 1.14 bits per heavy atom. The third kappa shape index (κ3) is 2.55. The molecule has 0 saturated heterocycles. The van der Waals surface area contributed by atoms with Crippen LogP contribution in [0.4, 0.5) is 0 Å². The van der Waals surface area contributed by atoms with Crippen LogP contribution in [0.3, 0.4) is 0 Å². The molecule has 1 heterocycles. The van der Waals surface area contributed by atoms with Gasteiger partial charge in [-0.05, 0) is 37.0 Å². The molecule has 1 aromatic heterocycles. The summed E-state index contributed by atoms with van der Waals surface area (Å²) in [5, 5.41) is 9.82. The number of hydrogen-bond acceptors (Lipinski definition) is 2. The van der Waals surface area contributed by atoms with Crippen LogP contribution >= 0.6 is 0 Å². The van der Waals surface area contributed by atoms with Gasteiger partial charge in [0.05, 0.1) is 5.69 Å². The fourth-order valence-corrected chi connectivity index (χ4v) is 1.23. The van der Waals surface area contributed by atoms with E-state index >= 15 is 0 Å². The van der Waals surface area contributed by atoms with E-state index in [9.17, 15) is 5.11 Å². The Balaban J connectivity index is 3.15. The Morgan fingerprint density at radius 3 is 2.14 bits per heavy atom. The largest absolute Gasteiger partial charge is 0.384 e. The summed E-state index contributed by atoms with van der Waals surface area (Å²) in [6.45, 7) is 9.95. The maximum absolute atomic E-state index is 9.82. The predicted octanol–water partition coefficient (Wildman–Crippen LogP) is 2.61. The van der Waals surface area contributed by atoms with E-state index in [4.69, 9.17) is 0 Å². The fraction of sp³-hybridized carbons (Fsp3) is 0.583. The van der Waals surface area contributed by atoms with Crippen molar-refractivity contribution >= 4 is 0 Å². The van der Waals surface area contributed by atoms with Gasteiger partial charge in [-0.2, -0.15) is 0 Å². The van der Waals surface area contributed by atoms with Crippen LogP contribution in [0.25, 0.3) is 0 Å². The van der Waals surface area contributed by atoms with Crippen molar-refractivity contribution in [1.82, 2.24) is 4.98 Å². The molecule has 2 nitrogen and oxygen atoms in total. The highest BCUT2D eigenvalue weighted by Crippen LogP contribution is 2.25. The van der Waals surface area contributed by atoms with Crippen molar-refractivity contribution in [2.75, 3.05) is 0 Å². The van der Waals surface area contributed by atoms with Gasteiger partial charge in [0, 0.05) is 6.20 Å². The lowest BCUT2D eigenvalue weighted by molar-refractivity contribution is 0.0737. The summed E-state index contributed by atoms with van der Waals surface area (Å²) < 4.78 is 0. The first-order valence-electron chi connectivity index (χ1n) is 4.90. The Labute approximate surface area is 86.0 Å². The quantitative estimate of drug-likeness (QED) is 0.743. The smallest absolute Gasteiger partial charge is 0.101 e. The second kappa shape index (κ2) is 3.35. The molecular weight excluding hydrogens is 174 g/mol. The van der Waals surface area contributed by atoms with Crippen LogP contribution in [0.1, 0.15) is 45.9 Å². The average Bonchev–Trinajstić information content (AvgIpc) is 2.01. The summed E-state index contributed by atoms with van der Waals surface area (Å²) in [7, 11) is 0. The minimum Gasteiger partial charge on any atom is -0.384 e. The summed E-state index contributed by atoms with van der Waals surface area (Å²) in [5.74, 6) is 0. The zero-order valence-corrected chi connectivity index (χ0v) is 9.63. The van der Waals surface area contributed by atoms with Crippen molar-refractivity contribution in [3.8, 4) is 0 Å². The zero-order valence-electron chi connectivity index (χ0n) is 9.63. The monoisotopic (exact) mass is 193 g/mol. The molecule has 1 N–H and O–H groups in total. The Morgan fingerprint density at radius 2 is 1.71 bits per heavy atom. The molecule has 0 saturated carbocycles. The van der Waals surface area contributed by atoms with Crippen LogP contribution in [0.2, 0.25) is 0 Å². The van der Waals surface area contributed by atoms with Crippen molar-refractivity contribution in [3.05, 3.63) is 29.6 Å². The van der Waals surface area contributed by atoms with Crippen molar-refractivity contribution in [2.45, 2.75) is 45.6 Å². The molecular formula is C12H19NO. The predicted molar refractivity (Wildman–Crippen MR) is 58.2 cm³/mol. The number of pyridine rings is 1. The van der Waals surface area contributed by atoms with Gasteiger partial charge < -0.3 is 5.11 Å². The van der Waals surface area contributed by atoms with E-state index < -0.39 is 5.60 Å². The molecule has 0 aliphatic heterocycles. The van der Waals surface area contributed by atoms with E-state index in [0.29, 0.717) is 0 Å². The molecule has 14 heavy (non-hydrogen) atoms. The number of nitrogens with zero attached hydrogens (tertiary/aromatic N) is 1. The third-order valence-electron chi connectivity index (χ3n) is 2.25. The molecule has 0 unspecified atom stereocenters. The molecule has 2 heteroatoms. The summed E-state index contributed by atoms with van der Waals surface area (Å²) in [4.78, 5) is 4.17. The van der Waals surface area contributed by atoms with Crippen LogP contribution in [0.15, 0.2) is 18.3 Å². The Kier molecular flexibility index (Phi) is 2.68. The standard InChI is InChI=1S/C12H19NO/c1-11(2,3)9-6-7-13-10(8-9)12(4,5)14/h6-8,14H,1-5H3. The Hall–Kier alpha value is -0.890. The number of hydrogen-bond donors (Lipinski definition) is 1. The fourth-order valence-electron chi connectivity index (χ4n) is 1.23. The van der Waals surface area contributed by atoms with Crippen molar-refractivity contribution in [3.63, 3.8) is 0 Å². The van der Waals surface area contributed by atoms with Crippen molar-refractivity contribution in [1.29, 1.82) is 0 Å². The molecule has 0 fully saturated rings. The number of aliphatic hydroxyl groups is 1. The second-order valence-electron chi connectivity index (χ2n) is 5.24. The minimum absolute atomic E-state index is 0.100. The molecule has 0 amide bonds. The van der Waals surface area contributed by atoms with Gasteiger partial charge in [-0.25, -0.2) is 0 Å². The van der Waals surface area contributed by atoms with E-state index in [-0.39, 0.29) is 5.41 Å². The van der Waals surface area contributed by atoms with E-state index in [0.717, 1.165) is 5.69 Å². The first-order chi connectivity index (χ1) is 6.21. The first-order valence-corrected chi connectivity index (χ1v) is 4.90. The summed E-state index contributed by atoms with van der Waals surface area (Å²) in [6, 6.07) is 3.97. The van der Waals surface area contributed by atoms with Crippen LogP contribution in [-0.2, 0) is 11.0 Å². The highest BCUT2D eigenvalue weighted by molar-refractivity contribution is 5.25. The van der Waals surface area contributed by atoms with E-state index in [1.54, 1.807) is 20.0 Å². The second-order valence-corrected chi connectivity index (χ2v) is 5.24. The highest BCUT2D eigenvalue weighted by Gasteiger charge is 2.21. The zero-order chi connectivity index (χ0) is 11.0. The topological polar surface area (TPSA) is 33.1 Å². The average molecular weight is 193 g/mol. The van der Waals surface area contributed by atoms with Gasteiger partial charge in [-0.3, -0.25) is 4.98 Å². The van der Waals surface area contributed by atoms with E-state index in [2.05, 4.69) is 25.8 Å². The highest BCUT2D eigenvalue weighted by atomic mass is 16.3. The number of rotatable bonds is 1. The molecule has 0 radical (unpaired) electrons. The van der Waals surface area contributed by atoms with E-state index in [1.807, 2.05) is 12.1 Å². The summed E-state index contributed by atoms with van der Waals surface area (Å²) >= 11 is 0. The minimum atomic E-state index is -0.860. The van der Waals surface area contributed by atoms with Gasteiger partial charge >= 0.3 is 0 Å². The maximum atomic E-state index is 9.82. The van der Waals surface area contributed by atoms with Crippen LogP contribution < -0.4 is 0 Å². The van der Waals surface area contributed by atoms with Gasteiger partial charge in [-0.15, -0.1) is 0 Å². The molecule has 0 aromatic carbocycles. The van der Waals surface area contributed by atoms with Gasteiger partial charge in [0.25, 0.3) is 0 Å². The molecule has 1 aromatic rings. The molecule has 0 spiro atoms. The molecule has 0 atom stereocenters. The normalized spacial score (nSPS) is 13.0. The van der Waals surface area contributed by atoms with Gasteiger partial charge in [0.15, 0.2) is 0 Å². The van der Waals surface area contributed by atoms with Gasteiger partial charge in [0.2, 0.25) is 0 Å². The lowest BCUT2D eigenvalue weighted by Gasteiger charge is -2.22. The Bertz CT molecular complexity index is 289. The van der Waals surface area contributed by atoms with Crippen LogP contribution in [0.5, 0.6) is 0 Å². The first kappa shape index (κ1) is 11.2. The lowest BCUT2D eigenvalue weighted by Crippen LogP contribution is -2.20. The van der Waals surface area contributed by atoms with E-state index in [1.165, 1.54) is 5.56 Å². The van der Waals surface area contributed by atoms with Crippen LogP contribution in [-0.4, -0.2) is 10.1 Å². The van der Waals surface area contributed by atoms with Gasteiger partial charge in [0.1, 0.15) is 5.60 Å². The maximum Gasteiger partial charge on any atom is 0.101 e. The molecule has 1 rings (SSSR count). The number of aromatic nitrogens is 1. The summed E-state index contributed by atoms with van der Waals surface area (Å²) in [6.07, 6.45) is 1.76. The molecule has 0 aliphatic rings. The molecule has 0 aliphatic carbocycles. The van der Waals surface area contributed by atoms with Gasteiger partial charge in [-0.1, -0.05) is 20.8 Å². The molecule has 78 valence electrons.